The molecule has 1 aromatic heterocycles. The van der Waals surface area contributed by atoms with Gasteiger partial charge in [0.2, 0.25) is 0 Å². The Morgan fingerprint density at radius 3 is 2.17 bits per heavy atom. The van der Waals surface area contributed by atoms with Gasteiger partial charge in [-0.3, -0.25) is 0 Å². The first kappa shape index (κ1) is 16.2. The molecule has 3 rings (SSSR count). The van der Waals surface area contributed by atoms with Gasteiger partial charge in [0.05, 0.1) is 0 Å². The van der Waals surface area contributed by atoms with Crippen LogP contribution in [0.2, 0.25) is 17.3 Å². The van der Waals surface area contributed by atoms with E-state index in [1.165, 1.54) is 9.96 Å². The Hall–Kier alpha value is -1.68. The molecule has 0 unspecified atom stereocenters. The molecule has 2 nitrogen and oxygen atoms in total. The Labute approximate surface area is 141 Å². The zero-order valence-electron chi connectivity index (χ0n) is 14.6. The van der Waals surface area contributed by atoms with E-state index in [0.717, 1.165) is 22.2 Å². The van der Waals surface area contributed by atoms with E-state index < -0.39 is 13.3 Å². The van der Waals surface area contributed by atoms with Crippen molar-refractivity contribution in [3.8, 4) is 11.3 Å². The van der Waals surface area contributed by atoms with Crippen molar-refractivity contribution in [3.63, 3.8) is 0 Å². The molecule has 0 saturated heterocycles. The van der Waals surface area contributed by atoms with Crippen molar-refractivity contribution >= 4 is 28.6 Å². The van der Waals surface area contributed by atoms with Gasteiger partial charge < -0.3 is 0 Å². The molecule has 23 heavy (non-hydrogen) atoms. The van der Waals surface area contributed by atoms with Gasteiger partial charge >= 0.3 is 141 Å². The SMILES string of the molecule is CC(C)c1ccc(-c2ncnc3c[c]([Ge]([CH3])([CH3])[CH3])ccc23)cc1. The Morgan fingerprint density at radius 2 is 1.57 bits per heavy atom. The van der Waals surface area contributed by atoms with E-state index in [9.17, 15) is 0 Å². The molecule has 0 bridgehead atoms. The van der Waals surface area contributed by atoms with Crippen LogP contribution in [-0.4, -0.2) is 23.2 Å². The number of hydrogen-bond donors (Lipinski definition) is 0. The van der Waals surface area contributed by atoms with Crippen molar-refractivity contribution in [2.24, 2.45) is 0 Å². The summed E-state index contributed by atoms with van der Waals surface area (Å²) in [5.41, 5.74) is 4.60. The van der Waals surface area contributed by atoms with Gasteiger partial charge in [0.25, 0.3) is 0 Å². The van der Waals surface area contributed by atoms with Crippen LogP contribution >= 0.6 is 0 Å². The maximum atomic E-state index is 4.55. The zero-order chi connectivity index (χ0) is 16.6. The fourth-order valence-electron chi connectivity index (χ4n) is 2.78. The third kappa shape index (κ3) is 3.32. The quantitative estimate of drug-likeness (QED) is 0.613. The minimum absolute atomic E-state index is 0.548. The van der Waals surface area contributed by atoms with E-state index in [4.69, 9.17) is 0 Å². The predicted molar refractivity (Wildman–Crippen MR) is 102 cm³/mol. The van der Waals surface area contributed by atoms with Gasteiger partial charge in [-0.15, -0.1) is 0 Å². The van der Waals surface area contributed by atoms with Crippen LogP contribution in [0.15, 0.2) is 48.8 Å². The second kappa shape index (κ2) is 6.08. The van der Waals surface area contributed by atoms with E-state index in [0.29, 0.717) is 5.92 Å². The average molecular weight is 365 g/mol. The topological polar surface area (TPSA) is 25.8 Å². The first-order chi connectivity index (χ1) is 10.9. The average Bonchev–Trinajstić information content (AvgIpc) is 2.53. The Bertz CT molecular complexity index is 830. The van der Waals surface area contributed by atoms with Gasteiger partial charge in [0.1, 0.15) is 0 Å². The fraction of sp³-hybridized carbons (Fsp3) is 0.300. The number of nitrogens with zero attached hydrogens (tertiary/aromatic N) is 2. The number of fused-ring (bicyclic) bond motifs is 1. The van der Waals surface area contributed by atoms with Crippen LogP contribution in [0, 0.1) is 0 Å². The summed E-state index contributed by atoms with van der Waals surface area (Å²) in [7, 11) is 0. The molecule has 0 aliphatic carbocycles. The molecule has 0 N–H and O–H groups in total. The van der Waals surface area contributed by atoms with Crippen molar-refractivity contribution < 1.29 is 0 Å². The number of benzene rings is 2. The molecule has 0 amide bonds. The molecule has 0 saturated carbocycles. The van der Waals surface area contributed by atoms with Crippen LogP contribution in [0.4, 0.5) is 0 Å². The van der Waals surface area contributed by atoms with Gasteiger partial charge in [-0.25, -0.2) is 0 Å². The molecule has 0 spiro atoms. The molecule has 1 heterocycles. The van der Waals surface area contributed by atoms with Gasteiger partial charge in [0, 0.05) is 0 Å². The number of aromatic nitrogens is 2. The van der Waals surface area contributed by atoms with Crippen LogP contribution in [0.1, 0.15) is 25.3 Å². The van der Waals surface area contributed by atoms with Crippen molar-refractivity contribution in [2.75, 3.05) is 0 Å². The minimum atomic E-state index is -1.84. The van der Waals surface area contributed by atoms with E-state index in [-0.39, 0.29) is 0 Å². The Morgan fingerprint density at radius 1 is 0.870 bits per heavy atom. The summed E-state index contributed by atoms with van der Waals surface area (Å²) in [5.74, 6) is 7.78. The molecule has 2 aromatic carbocycles. The molecule has 0 atom stereocenters. The van der Waals surface area contributed by atoms with Gasteiger partial charge in [-0.05, 0) is 0 Å². The summed E-state index contributed by atoms with van der Waals surface area (Å²) in [4.78, 5) is 9.05. The first-order valence-corrected chi connectivity index (χ1v) is 15.6. The monoisotopic (exact) mass is 366 g/mol. The van der Waals surface area contributed by atoms with Crippen molar-refractivity contribution in [2.45, 2.75) is 37.0 Å². The van der Waals surface area contributed by atoms with Crippen LogP contribution < -0.4 is 4.40 Å². The molecule has 0 aliphatic rings. The third-order valence-corrected chi connectivity index (χ3v) is 8.64. The van der Waals surface area contributed by atoms with E-state index in [1.54, 1.807) is 6.33 Å². The molecule has 0 radical (unpaired) electrons. The van der Waals surface area contributed by atoms with Crippen LogP contribution in [-0.2, 0) is 0 Å². The van der Waals surface area contributed by atoms with Crippen molar-refractivity contribution in [1.82, 2.24) is 9.97 Å². The van der Waals surface area contributed by atoms with E-state index in [1.807, 2.05) is 0 Å². The zero-order valence-corrected chi connectivity index (χ0v) is 16.7. The van der Waals surface area contributed by atoms with Crippen molar-refractivity contribution in [3.05, 3.63) is 54.4 Å². The summed E-state index contributed by atoms with van der Waals surface area (Å²) >= 11 is -1.84. The summed E-state index contributed by atoms with van der Waals surface area (Å²) in [6.45, 7) is 4.43. The van der Waals surface area contributed by atoms with Crippen LogP contribution in [0.5, 0.6) is 0 Å². The Kier molecular flexibility index (Phi) is 4.28. The predicted octanol–water partition coefficient (Wildman–Crippen LogP) is 4.97. The summed E-state index contributed by atoms with van der Waals surface area (Å²) in [6, 6.07) is 15.5. The van der Waals surface area contributed by atoms with Crippen LogP contribution in [0.25, 0.3) is 22.2 Å². The van der Waals surface area contributed by atoms with Crippen LogP contribution in [0.3, 0.4) is 0 Å². The van der Waals surface area contributed by atoms with Gasteiger partial charge in [-0.2, -0.15) is 0 Å². The summed E-state index contributed by atoms with van der Waals surface area (Å²) < 4.78 is 1.48. The molecular weight excluding hydrogens is 341 g/mol. The van der Waals surface area contributed by atoms with E-state index >= 15 is 0 Å². The van der Waals surface area contributed by atoms with Crippen molar-refractivity contribution in [1.29, 1.82) is 0 Å². The second-order valence-corrected chi connectivity index (χ2v) is 18.1. The standard InChI is InChI=1S/C20H24GeN2/c1-14(2)15-6-8-16(9-7-15)20-18-11-10-17(21(3,4)5)12-19(18)22-13-23-20/h6-14H,1-5H3. The molecule has 118 valence electrons. The van der Waals surface area contributed by atoms with Gasteiger partial charge in [-0.1, -0.05) is 0 Å². The third-order valence-electron chi connectivity index (χ3n) is 4.35. The molecule has 0 aliphatic heterocycles. The maximum absolute atomic E-state index is 4.55. The molecule has 3 aromatic rings. The molecular formula is C20H24GeN2. The van der Waals surface area contributed by atoms with Gasteiger partial charge in [0.15, 0.2) is 0 Å². The summed E-state index contributed by atoms with van der Waals surface area (Å²) in [5, 5.41) is 1.14. The number of rotatable bonds is 3. The number of hydrogen-bond acceptors (Lipinski definition) is 2. The molecule has 0 fully saturated rings. The first-order valence-electron chi connectivity index (χ1n) is 8.22. The Balaban J connectivity index is 2.11. The normalized spacial score (nSPS) is 12.1. The van der Waals surface area contributed by atoms with E-state index in [2.05, 4.69) is 83.5 Å². The second-order valence-electron chi connectivity index (χ2n) is 7.48. The fourth-order valence-corrected chi connectivity index (χ4v) is 5.20. The summed E-state index contributed by atoms with van der Waals surface area (Å²) in [6.07, 6.45) is 1.69. The molecule has 3 heteroatoms.